The zero-order valence-corrected chi connectivity index (χ0v) is 9.36. The number of nitrogens with one attached hydrogen (secondary N) is 1. The van der Waals surface area contributed by atoms with Crippen molar-refractivity contribution in [2.75, 3.05) is 16.8 Å². The summed E-state index contributed by atoms with van der Waals surface area (Å²) in [5.41, 5.74) is 1.95. The van der Waals surface area contributed by atoms with Crippen LogP contribution in [0.2, 0.25) is 0 Å². The van der Waals surface area contributed by atoms with Gasteiger partial charge in [0.15, 0.2) is 5.82 Å². The minimum atomic E-state index is 0.0943. The van der Waals surface area contributed by atoms with E-state index < -0.39 is 0 Å². The quantitative estimate of drug-likeness (QED) is 0.778. The van der Waals surface area contributed by atoms with Gasteiger partial charge < -0.3 is 10.2 Å². The van der Waals surface area contributed by atoms with Crippen LogP contribution in [-0.2, 0) is 4.79 Å². The predicted molar refractivity (Wildman–Crippen MR) is 62.6 cm³/mol. The molecule has 3 rings (SSSR count). The van der Waals surface area contributed by atoms with E-state index in [1.807, 2.05) is 19.2 Å². The van der Waals surface area contributed by atoms with E-state index in [2.05, 4.69) is 15.2 Å². The molecule has 0 spiro atoms. The number of fused-ring (bicyclic) bond motifs is 1. The van der Waals surface area contributed by atoms with Gasteiger partial charge in [0.1, 0.15) is 0 Å². The maximum Gasteiger partial charge on any atom is 0.226 e. The molecule has 1 aromatic heterocycles. The van der Waals surface area contributed by atoms with Gasteiger partial charge in [0.25, 0.3) is 0 Å². The highest BCUT2D eigenvalue weighted by Gasteiger charge is 2.33. The molecule has 16 heavy (non-hydrogen) atoms. The molecule has 1 amide bonds. The molecular formula is C12H15N3O. The number of carbonyl (C=O) groups excluding carboxylic acids is 1. The number of nitrogens with zero attached hydrogens (tertiary/aromatic N) is 2. The molecule has 0 unspecified atom stereocenters. The molecular weight excluding hydrogens is 202 g/mol. The number of hydrogen-bond donors (Lipinski definition) is 1. The molecule has 84 valence electrons. The molecule has 2 heterocycles. The molecule has 1 aliphatic carbocycles. The van der Waals surface area contributed by atoms with Gasteiger partial charge >= 0.3 is 0 Å². The monoisotopic (exact) mass is 217 g/mol. The average molecular weight is 217 g/mol. The van der Waals surface area contributed by atoms with Crippen molar-refractivity contribution >= 4 is 17.4 Å². The molecule has 4 nitrogen and oxygen atoms in total. The molecule has 0 saturated heterocycles. The summed E-state index contributed by atoms with van der Waals surface area (Å²) in [6.07, 6.45) is 4.88. The Balaban J connectivity index is 2.04. The lowest BCUT2D eigenvalue weighted by Crippen LogP contribution is -2.27. The Labute approximate surface area is 94.7 Å². The fraction of sp³-hybridized carbons (Fsp3) is 0.500. The van der Waals surface area contributed by atoms with Crippen LogP contribution < -0.4 is 10.2 Å². The van der Waals surface area contributed by atoms with E-state index in [1.54, 1.807) is 0 Å². The van der Waals surface area contributed by atoms with Crippen LogP contribution >= 0.6 is 0 Å². The lowest BCUT2D eigenvalue weighted by Gasteiger charge is -2.22. The minimum absolute atomic E-state index is 0.0943. The van der Waals surface area contributed by atoms with Crippen LogP contribution in [0.5, 0.6) is 0 Å². The lowest BCUT2D eigenvalue weighted by molar-refractivity contribution is -0.115. The summed E-state index contributed by atoms with van der Waals surface area (Å²) in [4.78, 5) is 18.3. The van der Waals surface area contributed by atoms with Crippen molar-refractivity contribution < 1.29 is 4.79 Å². The van der Waals surface area contributed by atoms with Crippen molar-refractivity contribution in [3.63, 3.8) is 0 Å². The second kappa shape index (κ2) is 3.47. The van der Waals surface area contributed by atoms with Crippen LogP contribution in [0, 0.1) is 6.92 Å². The number of hydrogen-bond acceptors (Lipinski definition) is 3. The van der Waals surface area contributed by atoms with Gasteiger partial charge in [0.05, 0.1) is 5.69 Å². The third kappa shape index (κ3) is 1.64. The summed E-state index contributed by atoms with van der Waals surface area (Å²) in [5.74, 6) is 1.04. The molecule has 1 fully saturated rings. The van der Waals surface area contributed by atoms with Crippen molar-refractivity contribution in [1.29, 1.82) is 0 Å². The SMILES string of the molecule is Cc1cnc2c(c1)NC(=O)CCN2C1CC1. The Morgan fingerprint density at radius 3 is 3.06 bits per heavy atom. The third-order valence-electron chi connectivity index (χ3n) is 3.12. The number of anilines is 2. The van der Waals surface area contributed by atoms with E-state index in [0.717, 1.165) is 23.6 Å². The molecule has 4 heteroatoms. The van der Waals surface area contributed by atoms with Crippen molar-refractivity contribution in [2.45, 2.75) is 32.2 Å². The predicted octanol–water partition coefficient (Wildman–Crippen LogP) is 1.70. The van der Waals surface area contributed by atoms with E-state index in [0.29, 0.717) is 12.5 Å². The fourth-order valence-electron chi connectivity index (χ4n) is 2.17. The van der Waals surface area contributed by atoms with Gasteiger partial charge in [-0.1, -0.05) is 0 Å². The first kappa shape index (κ1) is 9.63. The van der Waals surface area contributed by atoms with Crippen LogP contribution in [0.3, 0.4) is 0 Å². The highest BCUT2D eigenvalue weighted by molar-refractivity contribution is 5.95. The first-order valence-corrected chi connectivity index (χ1v) is 5.77. The second-order valence-corrected chi connectivity index (χ2v) is 4.61. The van der Waals surface area contributed by atoms with Crippen LogP contribution in [0.1, 0.15) is 24.8 Å². The van der Waals surface area contributed by atoms with E-state index in [9.17, 15) is 4.79 Å². The Morgan fingerprint density at radius 1 is 1.50 bits per heavy atom. The summed E-state index contributed by atoms with van der Waals surface area (Å²) < 4.78 is 0. The van der Waals surface area contributed by atoms with Crippen LogP contribution in [0.4, 0.5) is 11.5 Å². The minimum Gasteiger partial charge on any atom is -0.351 e. The van der Waals surface area contributed by atoms with Gasteiger partial charge in [0, 0.05) is 25.2 Å². The largest absolute Gasteiger partial charge is 0.351 e. The Hall–Kier alpha value is -1.58. The van der Waals surface area contributed by atoms with E-state index in [-0.39, 0.29) is 5.91 Å². The Morgan fingerprint density at radius 2 is 2.31 bits per heavy atom. The van der Waals surface area contributed by atoms with Gasteiger partial charge in [0.2, 0.25) is 5.91 Å². The zero-order chi connectivity index (χ0) is 11.1. The number of rotatable bonds is 1. The number of pyridine rings is 1. The normalized spacial score (nSPS) is 20.1. The highest BCUT2D eigenvalue weighted by atomic mass is 16.1. The summed E-state index contributed by atoms with van der Waals surface area (Å²) >= 11 is 0. The van der Waals surface area contributed by atoms with Crippen molar-refractivity contribution in [1.82, 2.24) is 4.98 Å². The molecule has 1 N–H and O–H groups in total. The van der Waals surface area contributed by atoms with Crippen molar-refractivity contribution in [3.05, 3.63) is 17.8 Å². The lowest BCUT2D eigenvalue weighted by atomic mass is 10.2. The number of aryl methyl sites for hydroxylation is 1. The van der Waals surface area contributed by atoms with E-state index >= 15 is 0 Å². The summed E-state index contributed by atoms with van der Waals surface area (Å²) in [6.45, 7) is 2.78. The number of aromatic nitrogens is 1. The van der Waals surface area contributed by atoms with Crippen LogP contribution in [0.25, 0.3) is 0 Å². The Bertz CT molecular complexity index is 440. The third-order valence-corrected chi connectivity index (χ3v) is 3.12. The second-order valence-electron chi connectivity index (χ2n) is 4.61. The van der Waals surface area contributed by atoms with Gasteiger partial charge in [-0.05, 0) is 31.4 Å². The molecule has 1 aromatic rings. The Kier molecular flexibility index (Phi) is 2.09. The summed E-state index contributed by atoms with van der Waals surface area (Å²) in [5, 5.41) is 2.93. The number of carbonyl (C=O) groups is 1. The van der Waals surface area contributed by atoms with Crippen LogP contribution in [0.15, 0.2) is 12.3 Å². The van der Waals surface area contributed by atoms with Crippen molar-refractivity contribution in [3.8, 4) is 0 Å². The average Bonchev–Trinajstić information content (AvgIpc) is 3.03. The highest BCUT2D eigenvalue weighted by Crippen LogP contribution is 2.36. The van der Waals surface area contributed by atoms with Gasteiger partial charge in [-0.3, -0.25) is 4.79 Å². The van der Waals surface area contributed by atoms with E-state index in [1.165, 1.54) is 12.8 Å². The van der Waals surface area contributed by atoms with Gasteiger partial charge in [-0.15, -0.1) is 0 Å². The first-order chi connectivity index (χ1) is 7.74. The molecule has 1 aliphatic heterocycles. The number of amides is 1. The summed E-state index contributed by atoms with van der Waals surface area (Å²) in [6, 6.07) is 2.60. The maximum absolute atomic E-state index is 11.6. The van der Waals surface area contributed by atoms with Crippen LogP contribution in [-0.4, -0.2) is 23.5 Å². The summed E-state index contributed by atoms with van der Waals surface area (Å²) in [7, 11) is 0. The molecule has 1 saturated carbocycles. The molecule has 0 bridgehead atoms. The molecule has 2 aliphatic rings. The standard InChI is InChI=1S/C12H15N3O/c1-8-6-10-12(13-7-8)15(9-2-3-9)5-4-11(16)14-10/h6-7,9H,2-5H2,1H3,(H,14,16). The maximum atomic E-state index is 11.6. The molecule has 0 atom stereocenters. The van der Waals surface area contributed by atoms with Crippen molar-refractivity contribution in [2.24, 2.45) is 0 Å². The van der Waals surface area contributed by atoms with Gasteiger partial charge in [-0.25, -0.2) is 4.98 Å². The fourth-order valence-corrected chi connectivity index (χ4v) is 2.17. The molecule has 0 aromatic carbocycles. The smallest absolute Gasteiger partial charge is 0.226 e. The zero-order valence-electron chi connectivity index (χ0n) is 9.36. The van der Waals surface area contributed by atoms with E-state index in [4.69, 9.17) is 0 Å². The molecule has 0 radical (unpaired) electrons. The van der Waals surface area contributed by atoms with Gasteiger partial charge in [-0.2, -0.15) is 0 Å². The topological polar surface area (TPSA) is 45.2 Å². The first-order valence-electron chi connectivity index (χ1n) is 5.77.